The summed E-state index contributed by atoms with van der Waals surface area (Å²) in [5.41, 5.74) is 0. The van der Waals surface area contributed by atoms with Gasteiger partial charge in [0.15, 0.2) is 0 Å². The highest BCUT2D eigenvalue weighted by Crippen LogP contribution is 2.09. The van der Waals surface area contributed by atoms with Crippen molar-refractivity contribution in [1.82, 2.24) is 0 Å². The lowest BCUT2D eigenvalue weighted by Gasteiger charge is -2.21. The van der Waals surface area contributed by atoms with Gasteiger partial charge in [-0.1, -0.05) is 0 Å². The first kappa shape index (κ1) is 16.4. The average molecular weight is 262 g/mol. The van der Waals surface area contributed by atoms with Crippen LogP contribution < -0.4 is 0 Å². The molecule has 0 bridgehead atoms. The summed E-state index contributed by atoms with van der Waals surface area (Å²) in [5.74, 6) is -1.53. The topological polar surface area (TPSA) is 88.1 Å². The number of carbonyl (C=O) groups is 3. The maximum atomic E-state index is 10.9. The molecule has 0 saturated heterocycles. The van der Waals surface area contributed by atoms with Crippen molar-refractivity contribution in [3.05, 3.63) is 0 Å². The van der Waals surface area contributed by atoms with E-state index in [1.807, 2.05) is 0 Å². The Balaban J connectivity index is 4.38. The molecule has 0 spiro atoms. The third-order valence-corrected chi connectivity index (χ3v) is 1.82. The van der Waals surface area contributed by atoms with Crippen molar-refractivity contribution in [3.63, 3.8) is 0 Å². The SMILES string of the molecule is COC(CC(COC(C)=O)OC(C)=O)OC(C)=O. The van der Waals surface area contributed by atoms with E-state index < -0.39 is 30.3 Å². The van der Waals surface area contributed by atoms with Crippen LogP contribution in [0.5, 0.6) is 0 Å². The summed E-state index contributed by atoms with van der Waals surface area (Å²) < 4.78 is 19.4. The largest absolute Gasteiger partial charge is 0.462 e. The van der Waals surface area contributed by atoms with Gasteiger partial charge in [0.05, 0.1) is 6.42 Å². The fourth-order valence-electron chi connectivity index (χ4n) is 1.19. The van der Waals surface area contributed by atoms with E-state index in [0.717, 1.165) is 0 Å². The second-order valence-corrected chi connectivity index (χ2v) is 3.54. The van der Waals surface area contributed by atoms with Crippen molar-refractivity contribution in [2.24, 2.45) is 0 Å². The molecule has 0 saturated carbocycles. The Kier molecular flexibility index (Phi) is 7.69. The number of methoxy groups -OCH3 is 1. The molecule has 0 aliphatic carbocycles. The summed E-state index contributed by atoms with van der Waals surface area (Å²) in [6.45, 7) is 3.59. The summed E-state index contributed by atoms with van der Waals surface area (Å²) >= 11 is 0. The Labute approximate surface area is 105 Å². The van der Waals surface area contributed by atoms with Crippen molar-refractivity contribution in [2.45, 2.75) is 39.6 Å². The molecular weight excluding hydrogens is 244 g/mol. The zero-order valence-electron chi connectivity index (χ0n) is 10.9. The highest BCUT2D eigenvalue weighted by molar-refractivity contribution is 5.67. The van der Waals surface area contributed by atoms with Crippen LogP contribution >= 0.6 is 0 Å². The molecular formula is C11H18O7. The van der Waals surface area contributed by atoms with E-state index in [2.05, 4.69) is 0 Å². The monoisotopic (exact) mass is 262 g/mol. The van der Waals surface area contributed by atoms with Gasteiger partial charge in [0, 0.05) is 27.9 Å². The van der Waals surface area contributed by atoms with E-state index in [0.29, 0.717) is 0 Å². The minimum atomic E-state index is -0.859. The standard InChI is InChI=1S/C11H18O7/c1-7(12)16-6-10(17-8(2)13)5-11(15-4)18-9(3)14/h10-11H,5-6H2,1-4H3. The normalized spacial score (nSPS) is 13.3. The summed E-state index contributed by atoms with van der Waals surface area (Å²) in [4.78, 5) is 32.4. The second-order valence-electron chi connectivity index (χ2n) is 3.54. The molecule has 0 heterocycles. The number of esters is 3. The lowest BCUT2D eigenvalue weighted by atomic mass is 10.2. The van der Waals surface area contributed by atoms with Gasteiger partial charge in [-0.2, -0.15) is 0 Å². The fraction of sp³-hybridized carbons (Fsp3) is 0.727. The summed E-state index contributed by atoms with van der Waals surface area (Å²) in [6, 6.07) is 0. The van der Waals surface area contributed by atoms with Crippen LogP contribution in [0.15, 0.2) is 0 Å². The van der Waals surface area contributed by atoms with Gasteiger partial charge in [0.25, 0.3) is 0 Å². The van der Waals surface area contributed by atoms with Crippen molar-refractivity contribution >= 4 is 17.9 Å². The molecule has 0 rings (SSSR count). The predicted octanol–water partition coefficient (Wildman–Crippen LogP) is 0.407. The Bertz CT molecular complexity index is 300. The first-order chi connectivity index (χ1) is 8.35. The van der Waals surface area contributed by atoms with Gasteiger partial charge in [-0.25, -0.2) is 0 Å². The summed E-state index contributed by atoms with van der Waals surface area (Å²) in [6.07, 6.45) is -1.50. The van der Waals surface area contributed by atoms with E-state index >= 15 is 0 Å². The van der Waals surface area contributed by atoms with Crippen molar-refractivity contribution in [3.8, 4) is 0 Å². The van der Waals surface area contributed by atoms with Gasteiger partial charge in [0.2, 0.25) is 6.29 Å². The van der Waals surface area contributed by atoms with E-state index in [9.17, 15) is 14.4 Å². The minimum absolute atomic E-state index is 0.0863. The van der Waals surface area contributed by atoms with Gasteiger partial charge in [-0.05, 0) is 0 Å². The van der Waals surface area contributed by atoms with Crippen molar-refractivity contribution < 1.29 is 33.3 Å². The first-order valence-electron chi connectivity index (χ1n) is 5.35. The molecule has 0 fully saturated rings. The predicted molar refractivity (Wildman–Crippen MR) is 59.4 cm³/mol. The minimum Gasteiger partial charge on any atom is -0.462 e. The smallest absolute Gasteiger partial charge is 0.304 e. The van der Waals surface area contributed by atoms with E-state index in [4.69, 9.17) is 18.9 Å². The Morgan fingerprint density at radius 3 is 1.89 bits per heavy atom. The Hall–Kier alpha value is -1.63. The van der Waals surface area contributed by atoms with E-state index in [1.54, 1.807) is 0 Å². The van der Waals surface area contributed by atoms with Crippen LogP contribution in [0.25, 0.3) is 0 Å². The van der Waals surface area contributed by atoms with Gasteiger partial charge in [-0.15, -0.1) is 0 Å². The summed E-state index contributed by atoms with van der Waals surface area (Å²) in [5, 5.41) is 0. The molecule has 18 heavy (non-hydrogen) atoms. The summed E-state index contributed by atoms with van der Waals surface area (Å²) in [7, 11) is 1.35. The molecule has 7 heteroatoms. The molecule has 2 atom stereocenters. The number of ether oxygens (including phenoxy) is 4. The molecule has 0 aromatic rings. The van der Waals surface area contributed by atoms with E-state index in [-0.39, 0.29) is 13.0 Å². The Morgan fingerprint density at radius 2 is 1.50 bits per heavy atom. The van der Waals surface area contributed by atoms with Crippen LogP contribution in [0.1, 0.15) is 27.2 Å². The van der Waals surface area contributed by atoms with Crippen LogP contribution in [0.2, 0.25) is 0 Å². The third kappa shape index (κ3) is 8.51. The second kappa shape index (κ2) is 8.46. The fourth-order valence-corrected chi connectivity index (χ4v) is 1.19. The molecule has 0 aliphatic rings. The van der Waals surface area contributed by atoms with Crippen LogP contribution in [-0.4, -0.2) is 44.0 Å². The molecule has 2 unspecified atom stereocenters. The number of hydrogen-bond acceptors (Lipinski definition) is 7. The van der Waals surface area contributed by atoms with Gasteiger partial charge < -0.3 is 18.9 Å². The van der Waals surface area contributed by atoms with Crippen LogP contribution in [0.4, 0.5) is 0 Å². The van der Waals surface area contributed by atoms with Gasteiger partial charge >= 0.3 is 17.9 Å². The van der Waals surface area contributed by atoms with Crippen LogP contribution in [0, 0.1) is 0 Å². The quantitative estimate of drug-likeness (QED) is 0.373. The van der Waals surface area contributed by atoms with Crippen molar-refractivity contribution in [2.75, 3.05) is 13.7 Å². The third-order valence-electron chi connectivity index (χ3n) is 1.82. The van der Waals surface area contributed by atoms with Gasteiger partial charge in [-0.3, -0.25) is 14.4 Å². The zero-order valence-corrected chi connectivity index (χ0v) is 10.9. The lowest BCUT2D eigenvalue weighted by Crippen LogP contribution is -2.31. The molecule has 104 valence electrons. The number of carbonyl (C=O) groups excluding carboxylic acids is 3. The highest BCUT2D eigenvalue weighted by atomic mass is 16.7. The maximum absolute atomic E-state index is 10.9. The molecule has 7 nitrogen and oxygen atoms in total. The number of rotatable bonds is 7. The lowest BCUT2D eigenvalue weighted by molar-refractivity contribution is -0.183. The first-order valence-corrected chi connectivity index (χ1v) is 5.35. The molecule has 0 radical (unpaired) electrons. The highest BCUT2D eigenvalue weighted by Gasteiger charge is 2.22. The molecule has 0 aromatic carbocycles. The van der Waals surface area contributed by atoms with E-state index in [1.165, 1.54) is 27.9 Å². The molecule has 0 aromatic heterocycles. The van der Waals surface area contributed by atoms with Crippen LogP contribution in [0.3, 0.4) is 0 Å². The molecule has 0 amide bonds. The maximum Gasteiger partial charge on any atom is 0.304 e. The van der Waals surface area contributed by atoms with Crippen LogP contribution in [-0.2, 0) is 33.3 Å². The van der Waals surface area contributed by atoms with Gasteiger partial charge in [0.1, 0.15) is 12.7 Å². The average Bonchev–Trinajstić information content (AvgIpc) is 2.23. The Morgan fingerprint density at radius 1 is 0.944 bits per heavy atom. The zero-order chi connectivity index (χ0) is 14.1. The van der Waals surface area contributed by atoms with Crippen molar-refractivity contribution in [1.29, 1.82) is 0 Å². The number of hydrogen-bond donors (Lipinski definition) is 0. The molecule has 0 N–H and O–H groups in total. The molecule has 0 aliphatic heterocycles.